The molecule has 0 radical (unpaired) electrons. The first-order valence-corrected chi connectivity index (χ1v) is 23.8. The molecule has 72 heavy (non-hydrogen) atoms. The van der Waals surface area contributed by atoms with Crippen molar-refractivity contribution < 1.29 is 42.6 Å². The molecule has 0 unspecified atom stereocenters. The Morgan fingerprint density at radius 1 is 0.500 bits per heavy atom. The first-order chi connectivity index (χ1) is 38.9. The molecule has 1 N–H and O–H groups in total. The molecule has 10 rings (SSSR count). The van der Waals surface area contributed by atoms with Crippen LogP contribution in [0.2, 0.25) is 0 Å². The van der Waals surface area contributed by atoms with Crippen LogP contribution in [0.5, 0.6) is 5.75 Å². The van der Waals surface area contributed by atoms with Crippen molar-refractivity contribution in [3.05, 3.63) is 217 Å². The minimum Gasteiger partial charge on any atom is -0.507 e. The summed E-state index contributed by atoms with van der Waals surface area (Å²) in [6.07, 6.45) is 1.58. The van der Waals surface area contributed by atoms with E-state index in [1.165, 1.54) is 12.1 Å². The summed E-state index contributed by atoms with van der Waals surface area (Å²) in [5.74, 6) is 0.345. The number of aromatic hydroxyl groups is 1. The molecule has 0 spiro atoms. The fourth-order valence-corrected chi connectivity index (χ4v) is 9.31. The molecule has 362 valence electrons. The van der Waals surface area contributed by atoms with Crippen LogP contribution < -0.4 is 0 Å². The fraction of sp³-hybridized carbons (Fsp3) is 0.194. The van der Waals surface area contributed by atoms with Gasteiger partial charge in [-0.05, 0) is 115 Å². The molecule has 0 saturated heterocycles. The minimum atomic E-state index is -3.50. The summed E-state index contributed by atoms with van der Waals surface area (Å²) >= 11 is 0. The van der Waals surface area contributed by atoms with E-state index >= 15 is 0 Å². The van der Waals surface area contributed by atoms with Crippen molar-refractivity contribution in [1.29, 1.82) is 0 Å². The summed E-state index contributed by atoms with van der Waals surface area (Å²) in [5, 5.41) is 12.6. The van der Waals surface area contributed by atoms with Gasteiger partial charge in [0, 0.05) is 55.0 Å². The van der Waals surface area contributed by atoms with Crippen LogP contribution in [0.15, 0.2) is 188 Å². The largest absolute Gasteiger partial charge is 0.507 e. The molecule has 0 saturated carbocycles. The van der Waals surface area contributed by atoms with Crippen molar-refractivity contribution in [1.82, 2.24) is 14.5 Å². The Hall–Kier alpha value is -7.13. The van der Waals surface area contributed by atoms with E-state index in [1.54, 1.807) is 60.8 Å². The maximum Gasteiger partial charge on any atom is 0.148 e. The Kier molecular flexibility index (Phi) is 9.93. The first kappa shape index (κ1) is 36.7. The Morgan fingerprint density at radius 2 is 1.08 bits per heavy atom. The number of pyridine rings is 1. The van der Waals surface area contributed by atoms with E-state index in [0.717, 1.165) is 27.8 Å². The molecule has 0 amide bonds. The average Bonchev–Trinajstić information content (AvgIpc) is 0.920. The third-order valence-corrected chi connectivity index (χ3v) is 13.2. The van der Waals surface area contributed by atoms with Crippen molar-refractivity contribution >= 4 is 11.0 Å². The molecule has 0 aliphatic carbocycles. The topological polar surface area (TPSA) is 50.9 Å². The zero-order valence-corrected chi connectivity index (χ0v) is 43.3. The van der Waals surface area contributed by atoms with Gasteiger partial charge < -0.3 is 5.11 Å². The van der Waals surface area contributed by atoms with E-state index in [9.17, 15) is 5.11 Å². The standard InChI is InChI=1S/C67H62N3O.Pt/c1-43-33-47(44-21-14-11-15-22-44)29-30-60(43)70-61-28-20-27-56(62(61)69-64(70)57-41-55(66(5,6)7)42-58(63(57)71)67(8,9)10)52-35-49(45-23-16-12-17-24-45)36-53(37-52)59-40-48(31-32-68-59)51-34-50(46-25-18-13-19-26-46)38-54(39-51)65(2,3)4;/h11-36,38-42,71H,1-10H3;/q-1;/i1D3,2D3,3D3,4D3;. The summed E-state index contributed by atoms with van der Waals surface area (Å²) in [5.41, 5.74) is 6.31. The number of benzene rings is 8. The first-order valence-electron chi connectivity index (χ1n) is 29.8. The molecule has 5 heteroatoms. The second-order valence-electron chi connectivity index (χ2n) is 20.4. The third-order valence-electron chi connectivity index (χ3n) is 13.2. The molecule has 2 aromatic heterocycles. The van der Waals surface area contributed by atoms with Crippen LogP contribution in [0, 0.1) is 12.9 Å². The predicted octanol–water partition coefficient (Wildman–Crippen LogP) is 17.8. The van der Waals surface area contributed by atoms with Crippen molar-refractivity contribution in [2.45, 2.75) is 85.2 Å². The Labute approximate surface area is 457 Å². The van der Waals surface area contributed by atoms with Gasteiger partial charge in [-0.3, -0.25) is 9.55 Å². The van der Waals surface area contributed by atoms with Crippen LogP contribution >= 0.6 is 0 Å². The molecule has 0 atom stereocenters. The number of hydrogen-bond acceptors (Lipinski definition) is 3. The maximum atomic E-state index is 12.6. The number of para-hydroxylation sites is 1. The molecular weight excluding hydrogens is 1060 g/mol. The number of aryl methyl sites for hydroxylation is 1. The molecule has 0 aliphatic heterocycles. The van der Waals surface area contributed by atoms with E-state index in [0.29, 0.717) is 78.3 Å². The summed E-state index contributed by atoms with van der Waals surface area (Å²) < 4.78 is 106. The van der Waals surface area contributed by atoms with Crippen molar-refractivity contribution in [2.24, 2.45) is 0 Å². The molecular formula is C67H62N3OPt-. The van der Waals surface area contributed by atoms with E-state index in [4.69, 9.17) is 26.4 Å². The number of fused-ring (bicyclic) bond motifs is 1. The van der Waals surface area contributed by atoms with Crippen LogP contribution in [0.3, 0.4) is 0 Å². The number of phenolic OH excluding ortho intramolecular Hbond substituents is 1. The smallest absolute Gasteiger partial charge is 0.148 e. The predicted molar refractivity (Wildman–Crippen MR) is 298 cm³/mol. The van der Waals surface area contributed by atoms with E-state index in [2.05, 4.69) is 26.8 Å². The number of nitrogens with zero attached hydrogens (tertiary/aromatic N) is 3. The van der Waals surface area contributed by atoms with Gasteiger partial charge in [0.1, 0.15) is 11.6 Å². The monoisotopic (exact) mass is 1130 g/mol. The fourth-order valence-electron chi connectivity index (χ4n) is 9.31. The van der Waals surface area contributed by atoms with Crippen LogP contribution in [0.1, 0.15) is 101 Å². The number of hydrogen-bond donors (Lipinski definition) is 1. The second kappa shape index (κ2) is 19.5. The molecule has 4 nitrogen and oxygen atoms in total. The van der Waals surface area contributed by atoms with Gasteiger partial charge in [-0.2, -0.15) is 0 Å². The number of imidazole rings is 1. The quantitative estimate of drug-likeness (QED) is 0.154. The van der Waals surface area contributed by atoms with Crippen molar-refractivity contribution in [3.63, 3.8) is 0 Å². The van der Waals surface area contributed by atoms with Gasteiger partial charge >= 0.3 is 0 Å². The van der Waals surface area contributed by atoms with Crippen LogP contribution in [-0.4, -0.2) is 19.6 Å². The third kappa shape index (κ3) is 9.90. The van der Waals surface area contributed by atoms with Gasteiger partial charge in [0.15, 0.2) is 0 Å². The van der Waals surface area contributed by atoms with Gasteiger partial charge in [-0.25, -0.2) is 4.98 Å². The van der Waals surface area contributed by atoms with Crippen LogP contribution in [0.4, 0.5) is 0 Å². The summed E-state index contributed by atoms with van der Waals surface area (Å²) in [6.45, 7) is -0.668. The molecule has 0 aliphatic rings. The zero-order chi connectivity index (χ0) is 59.8. The minimum absolute atomic E-state index is 0. The number of rotatable bonds is 8. The van der Waals surface area contributed by atoms with Crippen molar-refractivity contribution in [3.8, 4) is 89.7 Å². The Bertz CT molecular complexity index is 4030. The van der Waals surface area contributed by atoms with E-state index in [-0.39, 0.29) is 43.4 Å². The summed E-state index contributed by atoms with van der Waals surface area (Å²) in [4.78, 5) is 10.3. The summed E-state index contributed by atoms with van der Waals surface area (Å²) in [7, 11) is 0. The van der Waals surface area contributed by atoms with Crippen LogP contribution in [0.25, 0.3) is 95.0 Å². The Balaban J connectivity index is 0.00000846. The second-order valence-corrected chi connectivity index (χ2v) is 20.4. The number of phenols is 1. The van der Waals surface area contributed by atoms with Gasteiger partial charge in [0.05, 0.1) is 22.3 Å². The molecule has 0 fully saturated rings. The molecule has 2 heterocycles. The SMILES string of the molecule is [2H]C([2H])([2H])c1cc(-c2ccccc2)ccc1-n1c(-c2cc(C(C)(C)C)cc(C(C)(C)C)c2O)nc2c(-c3[c-]c(-c4cc(-c5cc(-c6ccccc6)cc(C(C([2H])([2H])[2H])(C([2H])([2H])[2H])C([2H])([2H])[2H])c5)ccn4)cc(-c4ccccc4)c3)cccc21.[Pt]. The van der Waals surface area contributed by atoms with E-state index < -0.39 is 38.2 Å². The maximum absolute atomic E-state index is 12.6. The van der Waals surface area contributed by atoms with E-state index in [1.807, 2.05) is 141 Å². The molecule has 8 aromatic carbocycles. The van der Waals surface area contributed by atoms with Gasteiger partial charge in [-0.1, -0.05) is 212 Å². The molecule has 0 bridgehead atoms. The van der Waals surface area contributed by atoms with Crippen molar-refractivity contribution in [2.75, 3.05) is 0 Å². The molecule has 10 aromatic rings. The normalized spacial score (nSPS) is 15.1. The van der Waals surface area contributed by atoms with Gasteiger partial charge in [0.25, 0.3) is 0 Å². The Morgan fingerprint density at radius 3 is 1.69 bits per heavy atom. The van der Waals surface area contributed by atoms with Gasteiger partial charge in [-0.15, -0.1) is 23.8 Å². The van der Waals surface area contributed by atoms with Crippen LogP contribution in [-0.2, 0) is 37.3 Å². The van der Waals surface area contributed by atoms with Gasteiger partial charge in [0.2, 0.25) is 0 Å². The number of aromatic nitrogens is 3. The average molecular weight is 1130 g/mol. The zero-order valence-electron chi connectivity index (χ0n) is 53.0. The summed E-state index contributed by atoms with van der Waals surface area (Å²) in [6, 6.07) is 59.0.